The number of nitrogens with one attached hydrogen (secondary N) is 1. The largest absolute Gasteiger partial charge is 0.673 e. The van der Waals surface area contributed by atoms with Gasteiger partial charge in [0.2, 0.25) is 0 Å². The highest BCUT2D eigenvalue weighted by Gasteiger charge is 2.35. The Bertz CT molecular complexity index is 648. The van der Waals surface area contributed by atoms with Crippen molar-refractivity contribution in [1.29, 1.82) is 0 Å². The van der Waals surface area contributed by atoms with Crippen LogP contribution in [-0.4, -0.2) is 18.9 Å². The maximum Gasteiger partial charge on any atom is 0.673 e. The van der Waals surface area contributed by atoms with Crippen molar-refractivity contribution in [3.05, 3.63) is 30.1 Å². The lowest BCUT2D eigenvalue weighted by Gasteiger charge is -2.19. The molecule has 1 N–H and O–H groups in total. The van der Waals surface area contributed by atoms with Gasteiger partial charge in [-0.15, -0.1) is 0 Å². The first-order valence-corrected chi connectivity index (χ1v) is 6.86. The van der Waals surface area contributed by atoms with E-state index in [-0.39, 0.29) is 5.54 Å². The fraction of sp³-hybridized carbons (Fsp3) is 0.462. The molecule has 0 radical (unpaired) electrons. The monoisotopic (exact) mass is 333 g/mol. The van der Waals surface area contributed by atoms with Crippen LogP contribution in [0.25, 0.3) is 11.0 Å². The predicted molar refractivity (Wildman–Crippen MR) is 81.2 cm³/mol. The van der Waals surface area contributed by atoms with Gasteiger partial charge in [0, 0.05) is 0 Å². The van der Waals surface area contributed by atoms with Gasteiger partial charge in [-0.2, -0.15) is 5.11 Å². The number of fused-ring (bicyclic) bond motifs is 1. The summed E-state index contributed by atoms with van der Waals surface area (Å²) in [5.74, 6) is 1.15. The quantitative estimate of drug-likeness (QED) is 0.303. The number of para-hydroxylation sites is 2. The molecular weight excluding hydrogens is 313 g/mol. The third-order valence-electron chi connectivity index (χ3n) is 3.23. The van der Waals surface area contributed by atoms with Gasteiger partial charge in [0.05, 0.1) is 21.1 Å². The van der Waals surface area contributed by atoms with Crippen molar-refractivity contribution in [2.75, 3.05) is 7.05 Å². The maximum absolute atomic E-state index is 9.75. The lowest BCUT2D eigenvalue weighted by Crippen LogP contribution is -2.46. The Morgan fingerprint density at radius 3 is 2.17 bits per heavy atom. The molecule has 0 saturated carbocycles. The molecule has 23 heavy (non-hydrogen) atoms. The number of halogens is 4. The average Bonchev–Trinajstić information content (AvgIpc) is 2.68. The van der Waals surface area contributed by atoms with Crippen LogP contribution in [0.5, 0.6) is 0 Å². The van der Waals surface area contributed by atoms with Gasteiger partial charge in [0.15, 0.2) is 16.6 Å². The van der Waals surface area contributed by atoms with Gasteiger partial charge in [0.1, 0.15) is 0 Å². The van der Waals surface area contributed by atoms with E-state index in [1.807, 2.05) is 0 Å². The van der Waals surface area contributed by atoms with E-state index in [9.17, 15) is 17.3 Å². The van der Waals surface area contributed by atoms with Crippen molar-refractivity contribution in [2.45, 2.75) is 19.4 Å². The molecule has 10 heteroatoms. The summed E-state index contributed by atoms with van der Waals surface area (Å²) in [5.41, 5.74) is 5.21. The van der Waals surface area contributed by atoms with Gasteiger partial charge in [-0.05, 0) is 26.0 Å². The van der Waals surface area contributed by atoms with Crippen molar-refractivity contribution in [2.24, 2.45) is 24.4 Å². The molecule has 0 aliphatic carbocycles. The first-order chi connectivity index (χ1) is 10.5. The second-order valence-electron chi connectivity index (χ2n) is 5.46. The number of aromatic nitrogens is 2. The molecule has 1 heterocycles. The molecule has 2 rings (SSSR count). The standard InChI is InChI=1S/C13H20N5.BF4/c1-13(2,15-16-14-3)12-17(4)10-8-6-7-9-11(10)18(12)5;2-1(3,4)5/h6-9H,1-5H3,(H,14,15);/q+1;-1. The van der Waals surface area contributed by atoms with Gasteiger partial charge >= 0.3 is 7.25 Å². The highest BCUT2D eigenvalue weighted by Crippen LogP contribution is 2.21. The van der Waals surface area contributed by atoms with Crippen LogP contribution in [0, 0.1) is 0 Å². The molecule has 2 aromatic rings. The second-order valence-corrected chi connectivity index (χ2v) is 5.46. The fourth-order valence-corrected chi connectivity index (χ4v) is 2.55. The SMILES string of the molecule is CN=NNC(C)(C)c1n(C)c2ccccc2[n+]1C.F[B-](F)(F)F. The topological polar surface area (TPSA) is 45.6 Å². The van der Waals surface area contributed by atoms with Crippen LogP contribution in [0.3, 0.4) is 0 Å². The number of benzene rings is 1. The van der Waals surface area contributed by atoms with Crippen LogP contribution in [0.2, 0.25) is 0 Å². The maximum atomic E-state index is 9.75. The Morgan fingerprint density at radius 2 is 1.70 bits per heavy atom. The number of hydrogen-bond donors (Lipinski definition) is 1. The summed E-state index contributed by atoms with van der Waals surface area (Å²) in [6.07, 6.45) is 0. The number of hydrogen-bond acceptors (Lipinski definition) is 2. The van der Waals surface area contributed by atoms with Crippen molar-refractivity contribution >= 4 is 18.3 Å². The summed E-state index contributed by atoms with van der Waals surface area (Å²) in [4.78, 5) is 0. The zero-order chi connectivity index (χ0) is 17.8. The Morgan fingerprint density at radius 1 is 1.17 bits per heavy atom. The van der Waals surface area contributed by atoms with Crippen molar-refractivity contribution in [3.8, 4) is 0 Å². The average molecular weight is 333 g/mol. The Balaban J connectivity index is 0.000000463. The van der Waals surface area contributed by atoms with Crippen LogP contribution < -0.4 is 9.99 Å². The van der Waals surface area contributed by atoms with Gasteiger partial charge in [-0.1, -0.05) is 17.4 Å². The molecule has 0 atom stereocenters. The van der Waals surface area contributed by atoms with Crippen LogP contribution in [0.15, 0.2) is 34.6 Å². The lowest BCUT2D eigenvalue weighted by molar-refractivity contribution is -0.658. The third kappa shape index (κ3) is 4.93. The van der Waals surface area contributed by atoms with Crippen LogP contribution in [0.1, 0.15) is 19.7 Å². The Kier molecular flexibility index (Phi) is 5.73. The zero-order valence-corrected chi connectivity index (χ0v) is 13.7. The third-order valence-corrected chi connectivity index (χ3v) is 3.23. The number of aryl methyl sites for hydroxylation is 2. The predicted octanol–water partition coefficient (Wildman–Crippen LogP) is 3.12. The van der Waals surface area contributed by atoms with Gasteiger partial charge in [0.25, 0.3) is 5.82 Å². The van der Waals surface area contributed by atoms with E-state index >= 15 is 0 Å². The second kappa shape index (κ2) is 6.97. The first-order valence-electron chi connectivity index (χ1n) is 6.86. The lowest BCUT2D eigenvalue weighted by atomic mass is 10.1. The Hall–Kier alpha value is -2.13. The highest BCUT2D eigenvalue weighted by atomic mass is 19.5. The summed E-state index contributed by atoms with van der Waals surface area (Å²) in [7, 11) is -0.195. The van der Waals surface area contributed by atoms with Crippen molar-refractivity contribution in [1.82, 2.24) is 9.99 Å². The normalized spacial score (nSPS) is 12.4. The van der Waals surface area contributed by atoms with E-state index in [0.717, 1.165) is 5.82 Å². The van der Waals surface area contributed by atoms with E-state index in [2.05, 4.69) is 77.1 Å². The van der Waals surface area contributed by atoms with Crippen molar-refractivity contribution in [3.63, 3.8) is 0 Å². The first kappa shape index (κ1) is 18.9. The molecular formula is C13H20BF4N5. The molecule has 0 saturated heterocycles. The molecule has 0 aliphatic rings. The molecule has 0 bridgehead atoms. The van der Waals surface area contributed by atoms with E-state index < -0.39 is 7.25 Å². The number of rotatable bonds is 3. The Labute approximate surface area is 132 Å². The van der Waals surface area contributed by atoms with Gasteiger partial charge < -0.3 is 17.3 Å². The highest BCUT2D eigenvalue weighted by molar-refractivity contribution is 6.50. The van der Waals surface area contributed by atoms with E-state index in [4.69, 9.17) is 0 Å². The minimum atomic E-state index is -6.00. The zero-order valence-electron chi connectivity index (χ0n) is 13.7. The van der Waals surface area contributed by atoms with E-state index in [1.54, 1.807) is 7.05 Å². The molecule has 1 aromatic heterocycles. The summed E-state index contributed by atoms with van der Waals surface area (Å²) >= 11 is 0. The minimum Gasteiger partial charge on any atom is -0.418 e. The molecule has 128 valence electrons. The molecule has 0 spiro atoms. The molecule has 0 unspecified atom stereocenters. The number of nitrogens with zero attached hydrogens (tertiary/aromatic N) is 4. The minimum absolute atomic E-state index is 0.290. The summed E-state index contributed by atoms with van der Waals surface area (Å²) in [5, 5.41) is 7.68. The van der Waals surface area contributed by atoms with Crippen LogP contribution in [0.4, 0.5) is 17.3 Å². The smallest absolute Gasteiger partial charge is 0.418 e. The number of imidazole rings is 1. The molecule has 0 amide bonds. The molecule has 1 aromatic carbocycles. The summed E-state index contributed by atoms with van der Waals surface area (Å²) < 4.78 is 43.4. The molecule has 0 fully saturated rings. The van der Waals surface area contributed by atoms with E-state index in [0.29, 0.717) is 0 Å². The van der Waals surface area contributed by atoms with Crippen molar-refractivity contribution < 1.29 is 21.8 Å². The van der Waals surface area contributed by atoms with Gasteiger partial charge in [-0.25, -0.2) is 9.13 Å². The summed E-state index contributed by atoms with van der Waals surface area (Å²) in [6, 6.07) is 8.35. The summed E-state index contributed by atoms with van der Waals surface area (Å²) in [6.45, 7) is 4.19. The van der Waals surface area contributed by atoms with Crippen LogP contribution in [-0.2, 0) is 19.6 Å². The molecule has 5 nitrogen and oxygen atoms in total. The van der Waals surface area contributed by atoms with Crippen LogP contribution >= 0.6 is 0 Å². The molecule has 0 aliphatic heterocycles. The fourth-order valence-electron chi connectivity index (χ4n) is 2.55. The van der Waals surface area contributed by atoms with E-state index in [1.165, 1.54) is 11.0 Å². The van der Waals surface area contributed by atoms with Gasteiger partial charge in [-0.3, -0.25) is 5.43 Å².